The minimum atomic E-state index is -0.634. The molecule has 0 bridgehead atoms. The number of anilines is 1. The van der Waals surface area contributed by atoms with Gasteiger partial charge in [0.1, 0.15) is 11.3 Å². The molecule has 0 atom stereocenters. The molecule has 3 aromatic rings. The second-order valence-corrected chi connectivity index (χ2v) is 6.15. The highest BCUT2D eigenvalue weighted by Crippen LogP contribution is 2.27. The number of benzene rings is 2. The molecule has 2 N–H and O–H groups in total. The summed E-state index contributed by atoms with van der Waals surface area (Å²) in [6.45, 7) is 7.74. The van der Waals surface area contributed by atoms with Crippen LogP contribution in [0.5, 0.6) is 5.75 Å². The first-order valence-electron chi connectivity index (χ1n) is 8.28. The van der Waals surface area contributed by atoms with E-state index >= 15 is 0 Å². The molecule has 0 radical (unpaired) electrons. The number of hydrogen-bond acceptors (Lipinski definition) is 3. The zero-order valence-electron chi connectivity index (χ0n) is 14.7. The normalized spacial score (nSPS) is 10.7. The lowest BCUT2D eigenvalue weighted by atomic mass is 10.1. The molecule has 1 aromatic heterocycles. The first-order chi connectivity index (χ1) is 12.5. The van der Waals surface area contributed by atoms with E-state index in [-0.39, 0.29) is 17.9 Å². The van der Waals surface area contributed by atoms with Crippen molar-refractivity contribution in [3.8, 4) is 5.75 Å². The Hall–Kier alpha value is -3.34. The van der Waals surface area contributed by atoms with Gasteiger partial charge in [0.05, 0.1) is 5.52 Å². The van der Waals surface area contributed by atoms with Gasteiger partial charge >= 0.3 is 0 Å². The number of aromatic nitrogens is 1. The number of rotatable bonds is 4. The second kappa shape index (κ2) is 6.88. The Balaban J connectivity index is 2.18. The predicted molar refractivity (Wildman–Crippen MR) is 104 cm³/mol. The van der Waals surface area contributed by atoms with E-state index in [9.17, 15) is 14.7 Å². The Labute approximate surface area is 151 Å². The fraction of sp³-hybridized carbons (Fsp3) is 0.143. The number of amides is 1. The summed E-state index contributed by atoms with van der Waals surface area (Å²) in [7, 11) is 0. The Morgan fingerprint density at radius 2 is 1.92 bits per heavy atom. The molecule has 132 valence electrons. The monoisotopic (exact) mass is 348 g/mol. The maximum atomic E-state index is 12.9. The van der Waals surface area contributed by atoms with Crippen LogP contribution in [-0.4, -0.2) is 15.6 Å². The molecule has 2 aromatic carbocycles. The van der Waals surface area contributed by atoms with E-state index in [1.807, 2.05) is 26.0 Å². The highest BCUT2D eigenvalue weighted by atomic mass is 16.3. The van der Waals surface area contributed by atoms with Crippen LogP contribution in [0, 0.1) is 13.8 Å². The minimum absolute atomic E-state index is 0.239. The number of nitrogens with zero attached hydrogens (tertiary/aromatic N) is 1. The van der Waals surface area contributed by atoms with Crippen molar-refractivity contribution in [3.63, 3.8) is 0 Å². The summed E-state index contributed by atoms with van der Waals surface area (Å²) in [5, 5.41) is 13.8. The molecule has 0 saturated heterocycles. The minimum Gasteiger partial charge on any atom is -0.506 e. The molecule has 0 unspecified atom stereocenters. The van der Waals surface area contributed by atoms with Crippen molar-refractivity contribution in [3.05, 3.63) is 82.2 Å². The number of carbonyl (C=O) groups excluding carboxylic acids is 1. The lowest BCUT2D eigenvalue weighted by molar-refractivity contribution is 0.102. The third-order valence-electron chi connectivity index (χ3n) is 4.54. The van der Waals surface area contributed by atoms with Gasteiger partial charge in [-0.15, -0.1) is 6.58 Å². The zero-order chi connectivity index (χ0) is 18.8. The van der Waals surface area contributed by atoms with Crippen molar-refractivity contribution in [1.82, 2.24) is 4.57 Å². The van der Waals surface area contributed by atoms with E-state index < -0.39 is 11.5 Å². The summed E-state index contributed by atoms with van der Waals surface area (Å²) in [5.41, 5.74) is 2.27. The lowest BCUT2D eigenvalue weighted by Gasteiger charge is -2.15. The molecule has 1 amide bonds. The van der Waals surface area contributed by atoms with Crippen LogP contribution in [0.4, 0.5) is 5.69 Å². The van der Waals surface area contributed by atoms with Crippen LogP contribution in [0.15, 0.2) is 59.9 Å². The van der Waals surface area contributed by atoms with Crippen LogP contribution in [0.1, 0.15) is 21.5 Å². The molecule has 5 heteroatoms. The zero-order valence-corrected chi connectivity index (χ0v) is 14.7. The predicted octanol–water partition coefficient (Wildman–Crippen LogP) is 3.76. The van der Waals surface area contributed by atoms with Gasteiger partial charge in [0.25, 0.3) is 11.5 Å². The number of pyridine rings is 1. The standard InChI is InChI=1S/C21H20N2O3/c1-4-12-23-17-11-6-5-9-15(17)19(24)18(21(23)26)20(25)22-16-10-7-8-13(2)14(16)3/h4-11,24H,1,12H2,2-3H3,(H,22,25). The van der Waals surface area contributed by atoms with Gasteiger partial charge in [-0.1, -0.05) is 30.3 Å². The highest BCUT2D eigenvalue weighted by molar-refractivity contribution is 6.09. The van der Waals surface area contributed by atoms with Gasteiger partial charge in [-0.05, 0) is 43.2 Å². The fourth-order valence-corrected chi connectivity index (χ4v) is 2.98. The SMILES string of the molecule is C=CCn1c(=O)c(C(=O)Nc2cccc(C)c2C)c(O)c2ccccc21. The van der Waals surface area contributed by atoms with Crippen molar-refractivity contribution in [2.75, 3.05) is 5.32 Å². The number of hydrogen-bond donors (Lipinski definition) is 2. The number of allylic oxidation sites excluding steroid dienone is 1. The molecule has 1 heterocycles. The van der Waals surface area contributed by atoms with E-state index in [2.05, 4.69) is 11.9 Å². The third-order valence-corrected chi connectivity index (χ3v) is 4.54. The quantitative estimate of drug-likeness (QED) is 0.705. The largest absolute Gasteiger partial charge is 0.506 e. The van der Waals surface area contributed by atoms with E-state index in [1.54, 1.807) is 36.4 Å². The van der Waals surface area contributed by atoms with Crippen molar-refractivity contribution < 1.29 is 9.90 Å². The first-order valence-corrected chi connectivity index (χ1v) is 8.28. The van der Waals surface area contributed by atoms with Crippen LogP contribution in [0.2, 0.25) is 0 Å². The molecular weight excluding hydrogens is 328 g/mol. The third kappa shape index (κ3) is 2.88. The van der Waals surface area contributed by atoms with Crippen LogP contribution >= 0.6 is 0 Å². The molecule has 0 fully saturated rings. The molecule has 0 spiro atoms. The molecule has 0 aliphatic rings. The van der Waals surface area contributed by atoms with Crippen molar-refractivity contribution in [2.24, 2.45) is 0 Å². The Morgan fingerprint density at radius 1 is 1.19 bits per heavy atom. The van der Waals surface area contributed by atoms with Crippen LogP contribution in [0.25, 0.3) is 10.9 Å². The summed E-state index contributed by atoms with van der Waals surface area (Å²) in [5.74, 6) is -0.946. The fourth-order valence-electron chi connectivity index (χ4n) is 2.98. The number of aryl methyl sites for hydroxylation is 1. The smallest absolute Gasteiger partial charge is 0.268 e. The van der Waals surface area contributed by atoms with Gasteiger partial charge in [-0.2, -0.15) is 0 Å². The molecule has 5 nitrogen and oxygen atoms in total. The van der Waals surface area contributed by atoms with Crippen LogP contribution in [-0.2, 0) is 6.54 Å². The maximum absolute atomic E-state index is 12.9. The van der Waals surface area contributed by atoms with E-state index in [4.69, 9.17) is 0 Å². The van der Waals surface area contributed by atoms with Gasteiger partial charge in [0, 0.05) is 17.6 Å². The highest BCUT2D eigenvalue weighted by Gasteiger charge is 2.22. The van der Waals surface area contributed by atoms with E-state index in [1.165, 1.54) is 4.57 Å². The average molecular weight is 348 g/mol. The van der Waals surface area contributed by atoms with Crippen LogP contribution < -0.4 is 10.9 Å². The van der Waals surface area contributed by atoms with Gasteiger partial charge in [0.2, 0.25) is 0 Å². The number of para-hydroxylation sites is 1. The van der Waals surface area contributed by atoms with E-state index in [0.717, 1.165) is 11.1 Å². The summed E-state index contributed by atoms with van der Waals surface area (Å²) in [4.78, 5) is 25.7. The Kier molecular flexibility index (Phi) is 4.63. The molecule has 0 aliphatic carbocycles. The molecule has 0 saturated carbocycles. The van der Waals surface area contributed by atoms with Crippen molar-refractivity contribution >= 4 is 22.5 Å². The Morgan fingerprint density at radius 3 is 2.65 bits per heavy atom. The molecule has 26 heavy (non-hydrogen) atoms. The number of aromatic hydroxyl groups is 1. The Bertz CT molecular complexity index is 1080. The lowest BCUT2D eigenvalue weighted by Crippen LogP contribution is -2.29. The van der Waals surface area contributed by atoms with Gasteiger partial charge in [-0.25, -0.2) is 0 Å². The number of nitrogens with one attached hydrogen (secondary N) is 1. The van der Waals surface area contributed by atoms with E-state index in [0.29, 0.717) is 16.6 Å². The summed E-state index contributed by atoms with van der Waals surface area (Å²) in [6, 6.07) is 12.5. The second-order valence-electron chi connectivity index (χ2n) is 6.15. The number of fused-ring (bicyclic) bond motifs is 1. The van der Waals surface area contributed by atoms with Gasteiger partial charge in [-0.3, -0.25) is 9.59 Å². The molecule has 0 aliphatic heterocycles. The summed E-state index contributed by atoms with van der Waals surface area (Å²) < 4.78 is 1.43. The molecular formula is C21H20N2O3. The van der Waals surface area contributed by atoms with Gasteiger partial charge < -0.3 is 15.0 Å². The first kappa shape index (κ1) is 17.5. The summed E-state index contributed by atoms with van der Waals surface area (Å²) >= 11 is 0. The maximum Gasteiger partial charge on any atom is 0.268 e. The van der Waals surface area contributed by atoms with Crippen molar-refractivity contribution in [2.45, 2.75) is 20.4 Å². The number of carbonyl (C=O) groups is 1. The average Bonchev–Trinajstić information content (AvgIpc) is 2.62. The summed E-state index contributed by atoms with van der Waals surface area (Å²) in [6.07, 6.45) is 1.58. The van der Waals surface area contributed by atoms with Crippen LogP contribution in [0.3, 0.4) is 0 Å². The molecule has 3 rings (SSSR count). The topological polar surface area (TPSA) is 71.3 Å². The van der Waals surface area contributed by atoms with Crippen molar-refractivity contribution in [1.29, 1.82) is 0 Å². The van der Waals surface area contributed by atoms with Gasteiger partial charge in [0.15, 0.2) is 0 Å².